The lowest BCUT2D eigenvalue weighted by molar-refractivity contribution is 0.218. The summed E-state index contributed by atoms with van der Waals surface area (Å²) in [4.78, 5) is 4.04. The molecule has 20 heavy (non-hydrogen) atoms. The van der Waals surface area contributed by atoms with Crippen LogP contribution in [-0.4, -0.2) is 16.7 Å². The summed E-state index contributed by atoms with van der Waals surface area (Å²) >= 11 is 3.21. The minimum Gasteiger partial charge on any atom is -0.492 e. The van der Waals surface area contributed by atoms with Gasteiger partial charge in [-0.15, -0.1) is 0 Å². The first kappa shape index (κ1) is 14.9. The highest BCUT2D eigenvalue weighted by Crippen LogP contribution is 2.27. The fourth-order valence-electron chi connectivity index (χ4n) is 1.81. The Balaban J connectivity index is 2.25. The summed E-state index contributed by atoms with van der Waals surface area (Å²) in [5, 5.41) is 10.3. The van der Waals surface area contributed by atoms with Crippen LogP contribution >= 0.6 is 15.9 Å². The topological polar surface area (TPSA) is 42.4 Å². The van der Waals surface area contributed by atoms with Crippen LogP contribution in [0.4, 0.5) is 4.39 Å². The van der Waals surface area contributed by atoms with E-state index in [0.717, 1.165) is 6.42 Å². The Hall–Kier alpha value is -1.46. The van der Waals surface area contributed by atoms with E-state index in [2.05, 4.69) is 20.9 Å². The first-order chi connectivity index (χ1) is 9.60. The first-order valence-electron chi connectivity index (χ1n) is 6.32. The summed E-state index contributed by atoms with van der Waals surface area (Å²) in [6.07, 6.45) is 3.08. The number of rotatable bonds is 5. The van der Waals surface area contributed by atoms with Gasteiger partial charge in [-0.1, -0.05) is 22.9 Å². The van der Waals surface area contributed by atoms with Crippen molar-refractivity contribution in [2.75, 3.05) is 6.61 Å². The first-order valence-corrected chi connectivity index (χ1v) is 7.11. The fraction of sp³-hybridized carbons (Fsp3) is 0.267. The number of halogens is 2. The van der Waals surface area contributed by atoms with Crippen molar-refractivity contribution in [3.05, 3.63) is 58.1 Å². The van der Waals surface area contributed by atoms with Crippen LogP contribution in [0, 0.1) is 5.82 Å². The highest BCUT2D eigenvalue weighted by molar-refractivity contribution is 9.10. The van der Waals surface area contributed by atoms with E-state index < -0.39 is 11.9 Å². The van der Waals surface area contributed by atoms with Crippen molar-refractivity contribution in [1.29, 1.82) is 0 Å². The van der Waals surface area contributed by atoms with Crippen molar-refractivity contribution in [3.8, 4) is 5.75 Å². The molecule has 1 heterocycles. The Morgan fingerprint density at radius 3 is 2.75 bits per heavy atom. The van der Waals surface area contributed by atoms with Crippen LogP contribution < -0.4 is 4.74 Å². The van der Waals surface area contributed by atoms with Crippen LogP contribution in [0.2, 0.25) is 0 Å². The maximum Gasteiger partial charge on any atom is 0.137 e. The van der Waals surface area contributed by atoms with Crippen molar-refractivity contribution < 1.29 is 14.2 Å². The van der Waals surface area contributed by atoms with E-state index in [1.165, 1.54) is 12.1 Å². The Kier molecular flexibility index (Phi) is 5.09. The molecule has 2 aromatic rings. The lowest BCUT2D eigenvalue weighted by Gasteiger charge is -2.13. The summed E-state index contributed by atoms with van der Waals surface area (Å²) in [6.45, 7) is 2.60. The van der Waals surface area contributed by atoms with Gasteiger partial charge in [-0.25, -0.2) is 4.39 Å². The van der Waals surface area contributed by atoms with Gasteiger partial charge in [0.25, 0.3) is 0 Å². The second-order valence-electron chi connectivity index (χ2n) is 4.41. The van der Waals surface area contributed by atoms with Crippen molar-refractivity contribution in [2.24, 2.45) is 0 Å². The minimum atomic E-state index is -0.945. The van der Waals surface area contributed by atoms with Crippen LogP contribution in [0.1, 0.15) is 30.6 Å². The lowest BCUT2D eigenvalue weighted by atomic mass is 10.0. The molecule has 1 aromatic carbocycles. The smallest absolute Gasteiger partial charge is 0.137 e. The van der Waals surface area contributed by atoms with Crippen molar-refractivity contribution >= 4 is 15.9 Å². The molecule has 1 aromatic heterocycles. The molecular formula is C15H15BrFNO2. The molecule has 2 rings (SSSR count). The number of benzene rings is 1. The van der Waals surface area contributed by atoms with Crippen LogP contribution in [-0.2, 0) is 0 Å². The highest BCUT2D eigenvalue weighted by Gasteiger charge is 2.13. The van der Waals surface area contributed by atoms with Gasteiger partial charge in [0.2, 0.25) is 0 Å². The summed E-state index contributed by atoms with van der Waals surface area (Å²) in [7, 11) is 0. The van der Waals surface area contributed by atoms with Gasteiger partial charge in [0.15, 0.2) is 0 Å². The van der Waals surface area contributed by atoms with Gasteiger partial charge < -0.3 is 9.84 Å². The Morgan fingerprint density at radius 1 is 1.25 bits per heavy atom. The van der Waals surface area contributed by atoms with Crippen LogP contribution in [0.3, 0.4) is 0 Å². The third-order valence-corrected chi connectivity index (χ3v) is 3.18. The van der Waals surface area contributed by atoms with Gasteiger partial charge in [0.05, 0.1) is 12.8 Å². The molecular weight excluding hydrogens is 325 g/mol. The van der Waals surface area contributed by atoms with Gasteiger partial charge in [-0.3, -0.25) is 4.98 Å². The summed E-state index contributed by atoms with van der Waals surface area (Å²) < 4.78 is 19.4. The van der Waals surface area contributed by atoms with E-state index in [4.69, 9.17) is 4.74 Å². The molecule has 0 fully saturated rings. The van der Waals surface area contributed by atoms with Gasteiger partial charge in [0, 0.05) is 16.2 Å². The van der Waals surface area contributed by atoms with Gasteiger partial charge in [0.1, 0.15) is 17.7 Å². The number of aliphatic hydroxyl groups is 1. The number of aromatic nitrogens is 1. The molecule has 1 N–H and O–H groups in total. The predicted octanol–water partition coefficient (Wildman–Crippen LogP) is 3.85. The molecule has 0 bridgehead atoms. The number of hydrogen-bond acceptors (Lipinski definition) is 3. The molecule has 0 radical (unpaired) electrons. The normalized spacial score (nSPS) is 12.2. The number of pyridine rings is 1. The predicted molar refractivity (Wildman–Crippen MR) is 78.2 cm³/mol. The number of hydrogen-bond donors (Lipinski definition) is 1. The van der Waals surface area contributed by atoms with Gasteiger partial charge >= 0.3 is 0 Å². The van der Waals surface area contributed by atoms with Crippen molar-refractivity contribution in [2.45, 2.75) is 19.4 Å². The average molecular weight is 340 g/mol. The van der Waals surface area contributed by atoms with E-state index in [-0.39, 0.29) is 0 Å². The molecule has 0 aliphatic carbocycles. The lowest BCUT2D eigenvalue weighted by Crippen LogP contribution is -2.03. The molecule has 0 spiro atoms. The number of aliphatic hydroxyl groups excluding tert-OH is 1. The van der Waals surface area contributed by atoms with E-state index in [0.29, 0.717) is 28.0 Å². The molecule has 1 atom stereocenters. The van der Waals surface area contributed by atoms with Crippen molar-refractivity contribution in [1.82, 2.24) is 4.98 Å². The summed E-state index contributed by atoms with van der Waals surface area (Å²) in [5.41, 5.74) is 1.03. The number of ether oxygens (including phenoxy) is 1. The molecule has 106 valence electrons. The zero-order valence-corrected chi connectivity index (χ0v) is 12.6. The van der Waals surface area contributed by atoms with Crippen LogP contribution in [0.5, 0.6) is 5.75 Å². The second-order valence-corrected chi connectivity index (χ2v) is 5.32. The second kappa shape index (κ2) is 6.81. The zero-order valence-electron chi connectivity index (χ0n) is 11.0. The zero-order chi connectivity index (χ0) is 14.5. The largest absolute Gasteiger partial charge is 0.492 e. The Morgan fingerprint density at radius 2 is 2.05 bits per heavy atom. The quantitative estimate of drug-likeness (QED) is 0.899. The summed E-state index contributed by atoms with van der Waals surface area (Å²) in [6, 6.07) is 6.03. The molecule has 0 saturated carbocycles. The molecule has 1 unspecified atom stereocenters. The number of nitrogens with zero attached hydrogens (tertiary/aromatic N) is 1. The molecule has 0 amide bonds. The maximum absolute atomic E-state index is 13.4. The van der Waals surface area contributed by atoms with Crippen LogP contribution in [0.25, 0.3) is 0 Å². The van der Waals surface area contributed by atoms with E-state index >= 15 is 0 Å². The third kappa shape index (κ3) is 3.77. The SMILES string of the molecule is CCCOc1cncc(C(O)c2cc(F)cc(Br)c2)c1. The molecule has 0 aliphatic rings. The maximum atomic E-state index is 13.4. The van der Waals surface area contributed by atoms with E-state index in [1.807, 2.05) is 6.92 Å². The Labute approximate surface area is 125 Å². The molecule has 0 saturated heterocycles. The third-order valence-electron chi connectivity index (χ3n) is 2.72. The van der Waals surface area contributed by atoms with Crippen LogP contribution in [0.15, 0.2) is 41.1 Å². The molecule has 0 aliphatic heterocycles. The van der Waals surface area contributed by atoms with E-state index in [1.54, 1.807) is 24.5 Å². The van der Waals surface area contributed by atoms with Gasteiger partial charge in [-0.2, -0.15) is 0 Å². The average Bonchev–Trinajstić information content (AvgIpc) is 2.43. The highest BCUT2D eigenvalue weighted by atomic mass is 79.9. The standard InChI is InChI=1S/C15H15BrFNO2/c1-2-3-20-14-6-11(8-18-9-14)15(19)10-4-12(16)7-13(17)5-10/h4-9,15,19H,2-3H2,1H3. The Bertz CT molecular complexity index is 572. The minimum absolute atomic E-state index is 0.403. The van der Waals surface area contributed by atoms with E-state index in [9.17, 15) is 9.50 Å². The molecule has 3 nitrogen and oxygen atoms in total. The van der Waals surface area contributed by atoms with Crippen molar-refractivity contribution in [3.63, 3.8) is 0 Å². The monoisotopic (exact) mass is 339 g/mol. The summed E-state index contributed by atoms with van der Waals surface area (Å²) in [5.74, 6) is 0.193. The van der Waals surface area contributed by atoms with Gasteiger partial charge in [-0.05, 0) is 36.2 Å². The molecule has 5 heteroatoms. The fourth-order valence-corrected chi connectivity index (χ4v) is 2.29.